The Morgan fingerprint density at radius 2 is 1.97 bits per heavy atom. The largest absolute Gasteiger partial charge is 0.356 e. The Hall–Kier alpha value is -2.18. The van der Waals surface area contributed by atoms with Gasteiger partial charge in [-0.2, -0.15) is 0 Å². The van der Waals surface area contributed by atoms with Crippen molar-refractivity contribution >= 4 is 21.7 Å². The molecule has 1 unspecified atom stereocenters. The monoisotopic (exact) mass is 437 g/mol. The summed E-state index contributed by atoms with van der Waals surface area (Å²) in [7, 11) is -3.97. The van der Waals surface area contributed by atoms with Gasteiger partial charge in [-0.15, -0.1) is 0 Å². The van der Waals surface area contributed by atoms with E-state index in [-0.39, 0.29) is 34.1 Å². The minimum absolute atomic E-state index is 0.00238. The van der Waals surface area contributed by atoms with Crippen LogP contribution in [0.5, 0.6) is 0 Å². The molecule has 2 fully saturated rings. The Morgan fingerprint density at radius 1 is 1.30 bits per heavy atom. The molecule has 0 saturated heterocycles. The van der Waals surface area contributed by atoms with Crippen LogP contribution >= 0.6 is 0 Å². The van der Waals surface area contributed by atoms with Gasteiger partial charge in [-0.05, 0) is 62.3 Å². The number of aromatic nitrogens is 2. The van der Waals surface area contributed by atoms with Crippen molar-refractivity contribution in [2.45, 2.75) is 61.5 Å². The Balaban J connectivity index is 1.30. The fourth-order valence-electron chi connectivity index (χ4n) is 3.30. The zero-order chi connectivity index (χ0) is 21.5. The number of ether oxygens (including phenoxy) is 1. The van der Waals surface area contributed by atoms with Crippen molar-refractivity contribution in [2.75, 3.05) is 5.32 Å². The second kappa shape index (κ2) is 7.82. The van der Waals surface area contributed by atoms with Gasteiger partial charge < -0.3 is 15.2 Å². The van der Waals surface area contributed by atoms with Gasteiger partial charge in [-0.1, -0.05) is 0 Å². The number of nitrogens with two attached hydrogens (primary N) is 1. The van der Waals surface area contributed by atoms with E-state index in [4.69, 9.17) is 9.88 Å². The van der Waals surface area contributed by atoms with E-state index in [9.17, 15) is 17.9 Å². The number of nitrogens with zero attached hydrogens (tertiary/aromatic N) is 2. The molecule has 9 nitrogen and oxygen atoms in total. The summed E-state index contributed by atoms with van der Waals surface area (Å²) in [5.74, 6) is -0.357. The molecular weight excluding hydrogens is 413 g/mol. The summed E-state index contributed by atoms with van der Waals surface area (Å²) in [6.07, 6.45) is 5.94. The van der Waals surface area contributed by atoms with Gasteiger partial charge in [0.25, 0.3) is 0 Å². The van der Waals surface area contributed by atoms with Gasteiger partial charge in [0.05, 0.1) is 16.7 Å². The second-order valence-corrected chi connectivity index (χ2v) is 9.70. The molecule has 1 aromatic carbocycles. The van der Waals surface area contributed by atoms with Crippen LogP contribution in [0.1, 0.15) is 44.1 Å². The molecule has 1 heterocycles. The minimum Gasteiger partial charge on any atom is -0.356 e. The number of anilines is 2. The highest BCUT2D eigenvalue weighted by Gasteiger charge is 2.40. The van der Waals surface area contributed by atoms with Crippen LogP contribution in [0.2, 0.25) is 0 Å². The highest BCUT2D eigenvalue weighted by atomic mass is 32.2. The Bertz CT molecular complexity index is 1020. The van der Waals surface area contributed by atoms with Gasteiger partial charge >= 0.3 is 0 Å². The number of primary sulfonamides is 1. The highest BCUT2D eigenvalue weighted by Crippen LogP contribution is 2.40. The van der Waals surface area contributed by atoms with Gasteiger partial charge in [-0.25, -0.2) is 27.9 Å². The molecule has 2 saturated carbocycles. The smallest absolute Gasteiger partial charge is 0.238 e. The third kappa shape index (κ3) is 4.93. The molecule has 0 aliphatic heterocycles. The van der Waals surface area contributed by atoms with E-state index in [1.807, 2.05) is 0 Å². The molecule has 162 valence electrons. The molecule has 5 N–H and O–H groups in total. The molecule has 0 radical (unpaired) electrons. The molecule has 1 atom stereocenters. The van der Waals surface area contributed by atoms with Crippen molar-refractivity contribution in [1.29, 1.82) is 0 Å². The zero-order valence-corrected chi connectivity index (χ0v) is 17.2. The maximum absolute atomic E-state index is 14.1. The maximum atomic E-state index is 14.1. The Kier molecular flexibility index (Phi) is 5.49. The van der Waals surface area contributed by atoms with E-state index in [0.717, 1.165) is 37.3 Å². The number of benzene rings is 1. The van der Waals surface area contributed by atoms with Crippen LogP contribution in [0.4, 0.5) is 16.0 Å². The molecule has 4 rings (SSSR count). The lowest BCUT2D eigenvalue weighted by Gasteiger charge is -2.36. The first-order valence-corrected chi connectivity index (χ1v) is 11.2. The van der Waals surface area contributed by atoms with Crippen molar-refractivity contribution in [1.82, 2.24) is 15.3 Å². The summed E-state index contributed by atoms with van der Waals surface area (Å²) < 4.78 is 42.3. The fourth-order valence-corrected chi connectivity index (χ4v) is 3.83. The SMILES string of the molecule is CC1(NC(O)OC2CC(c3cnc(Nc4ccc(S(N)(=O)=O)cc4F)nc3)C2)CC1. The molecule has 30 heavy (non-hydrogen) atoms. The van der Waals surface area contributed by atoms with Gasteiger partial charge in [0.1, 0.15) is 5.82 Å². The summed E-state index contributed by atoms with van der Waals surface area (Å²) in [6.45, 7) is 2.05. The summed E-state index contributed by atoms with van der Waals surface area (Å²) in [6, 6.07) is 3.31. The molecule has 2 aromatic rings. The van der Waals surface area contributed by atoms with Gasteiger partial charge in [0, 0.05) is 17.9 Å². The number of rotatable bonds is 8. The number of aliphatic hydroxyl groups is 1. The molecule has 1 aromatic heterocycles. The normalized spacial score (nSPS) is 23.5. The van der Waals surface area contributed by atoms with Crippen molar-refractivity contribution in [3.05, 3.63) is 42.0 Å². The van der Waals surface area contributed by atoms with Crippen LogP contribution in [-0.4, -0.2) is 41.5 Å². The van der Waals surface area contributed by atoms with Crippen LogP contribution in [0.25, 0.3) is 0 Å². The zero-order valence-electron chi connectivity index (χ0n) is 16.4. The predicted molar refractivity (Wildman–Crippen MR) is 107 cm³/mol. The quantitative estimate of drug-likeness (QED) is 0.458. The number of hydrogen-bond donors (Lipinski definition) is 4. The van der Waals surface area contributed by atoms with Crippen LogP contribution in [0, 0.1) is 5.82 Å². The summed E-state index contributed by atoms with van der Waals surface area (Å²) in [5, 5.41) is 20.7. The highest BCUT2D eigenvalue weighted by molar-refractivity contribution is 7.89. The Morgan fingerprint density at radius 3 is 2.53 bits per heavy atom. The van der Waals surface area contributed by atoms with Crippen molar-refractivity contribution < 1.29 is 22.7 Å². The molecule has 2 aliphatic carbocycles. The number of sulfonamides is 1. The third-order valence-corrected chi connectivity index (χ3v) is 6.46. The Labute approximate surface area is 173 Å². The van der Waals surface area contributed by atoms with E-state index >= 15 is 0 Å². The van der Waals surface area contributed by atoms with Crippen molar-refractivity contribution in [3.63, 3.8) is 0 Å². The first-order valence-electron chi connectivity index (χ1n) is 9.64. The van der Waals surface area contributed by atoms with E-state index in [1.54, 1.807) is 12.4 Å². The van der Waals surface area contributed by atoms with Crippen LogP contribution in [0.15, 0.2) is 35.5 Å². The first-order chi connectivity index (χ1) is 14.1. The first kappa shape index (κ1) is 21.1. The van der Waals surface area contributed by atoms with Crippen LogP contribution in [0.3, 0.4) is 0 Å². The predicted octanol–water partition coefficient (Wildman–Crippen LogP) is 1.69. The maximum Gasteiger partial charge on any atom is 0.238 e. The van der Waals surface area contributed by atoms with Crippen LogP contribution < -0.4 is 15.8 Å². The average molecular weight is 437 g/mol. The molecule has 0 amide bonds. The fraction of sp³-hybridized carbons (Fsp3) is 0.474. The summed E-state index contributed by atoms with van der Waals surface area (Å²) >= 11 is 0. The minimum atomic E-state index is -3.97. The van der Waals surface area contributed by atoms with E-state index < -0.39 is 22.3 Å². The summed E-state index contributed by atoms with van der Waals surface area (Å²) in [4.78, 5) is 8.08. The topological polar surface area (TPSA) is 139 Å². The van der Waals surface area contributed by atoms with Crippen LogP contribution in [-0.2, 0) is 14.8 Å². The molecule has 11 heteroatoms. The summed E-state index contributed by atoms with van der Waals surface area (Å²) in [5.41, 5.74) is 0.970. The number of aliphatic hydroxyl groups excluding tert-OH is 1. The average Bonchev–Trinajstić information content (AvgIpc) is 3.36. The lowest BCUT2D eigenvalue weighted by atomic mass is 9.78. The molecule has 2 aliphatic rings. The van der Waals surface area contributed by atoms with Crippen molar-refractivity contribution in [3.8, 4) is 0 Å². The van der Waals surface area contributed by atoms with Gasteiger partial charge in [0.2, 0.25) is 22.4 Å². The molecule has 0 spiro atoms. The lowest BCUT2D eigenvalue weighted by molar-refractivity contribution is -0.181. The van der Waals surface area contributed by atoms with Gasteiger partial charge in [0.15, 0.2) is 0 Å². The van der Waals surface area contributed by atoms with E-state index in [0.29, 0.717) is 0 Å². The third-order valence-electron chi connectivity index (χ3n) is 5.55. The number of nitrogens with one attached hydrogen (secondary N) is 2. The van der Waals surface area contributed by atoms with E-state index in [1.165, 1.54) is 12.1 Å². The standard InChI is InChI=1S/C19H24FN5O4S/c1-19(4-5-19)25-18(26)29-13-6-11(7-13)12-9-22-17(23-10-12)24-16-3-2-14(8-15(16)20)30(21,27)28/h2-3,8-11,13,18,25-26H,4-7H2,1H3,(H2,21,27,28)(H,22,23,24). The van der Waals surface area contributed by atoms with E-state index in [2.05, 4.69) is 27.5 Å². The number of halogens is 1. The van der Waals surface area contributed by atoms with Crippen molar-refractivity contribution in [2.24, 2.45) is 5.14 Å². The van der Waals surface area contributed by atoms with Gasteiger partial charge in [-0.3, -0.25) is 5.32 Å². The second-order valence-electron chi connectivity index (χ2n) is 8.14. The lowest BCUT2D eigenvalue weighted by Crippen LogP contribution is -2.44. The molecular formula is C19H24FN5O4S. The number of hydrogen-bond acceptors (Lipinski definition) is 8. The molecule has 0 bridgehead atoms.